The van der Waals surface area contributed by atoms with E-state index >= 15 is 0 Å². The Labute approximate surface area is 142 Å². The maximum absolute atomic E-state index is 6.40. The third-order valence-corrected chi connectivity index (χ3v) is 5.26. The van der Waals surface area contributed by atoms with Crippen LogP contribution in [0, 0.1) is 6.92 Å². The van der Waals surface area contributed by atoms with Gasteiger partial charge in [-0.1, -0.05) is 57.3 Å². The molecule has 0 radical (unpaired) electrons. The summed E-state index contributed by atoms with van der Waals surface area (Å²) in [6.07, 6.45) is 0. The van der Waals surface area contributed by atoms with Crippen LogP contribution in [0.25, 0.3) is 0 Å². The van der Waals surface area contributed by atoms with E-state index < -0.39 is 0 Å². The second kappa shape index (κ2) is 6.07. The first-order valence-corrected chi connectivity index (χ1v) is 8.23. The van der Waals surface area contributed by atoms with E-state index in [2.05, 4.69) is 15.9 Å². The van der Waals surface area contributed by atoms with Gasteiger partial charge in [-0.25, -0.2) is 0 Å². The summed E-state index contributed by atoms with van der Waals surface area (Å²) in [7, 11) is 0. The number of benzene rings is 2. The van der Waals surface area contributed by atoms with E-state index in [-0.39, 0.29) is 4.83 Å². The molecule has 1 aliphatic rings. The van der Waals surface area contributed by atoms with Crippen LogP contribution in [0.4, 0.5) is 0 Å². The SMILES string of the molecule is Cc1cccc(C(Br)c2cc3c(cc2Cl)OCCO3)c1Cl. The van der Waals surface area contributed by atoms with Gasteiger partial charge in [-0.15, -0.1) is 0 Å². The number of ether oxygens (including phenoxy) is 2. The van der Waals surface area contributed by atoms with Gasteiger partial charge < -0.3 is 9.47 Å². The van der Waals surface area contributed by atoms with Crippen molar-refractivity contribution >= 4 is 39.1 Å². The quantitative estimate of drug-likeness (QED) is 0.628. The number of hydrogen-bond donors (Lipinski definition) is 0. The second-order valence-corrected chi connectivity index (χ2v) is 6.56. The summed E-state index contributed by atoms with van der Waals surface area (Å²) in [5.74, 6) is 1.40. The van der Waals surface area contributed by atoms with Crippen molar-refractivity contribution < 1.29 is 9.47 Å². The highest BCUT2D eigenvalue weighted by atomic mass is 79.9. The first-order valence-electron chi connectivity index (χ1n) is 6.56. The van der Waals surface area contributed by atoms with E-state index in [0.29, 0.717) is 29.7 Å². The van der Waals surface area contributed by atoms with Gasteiger partial charge in [0.15, 0.2) is 11.5 Å². The summed E-state index contributed by atoms with van der Waals surface area (Å²) in [4.78, 5) is -0.103. The van der Waals surface area contributed by atoms with Crippen molar-refractivity contribution in [3.63, 3.8) is 0 Å². The van der Waals surface area contributed by atoms with Crippen molar-refractivity contribution in [2.24, 2.45) is 0 Å². The zero-order valence-electron chi connectivity index (χ0n) is 11.3. The van der Waals surface area contributed by atoms with Crippen LogP contribution in [0.3, 0.4) is 0 Å². The molecule has 5 heteroatoms. The molecule has 1 unspecified atom stereocenters. The molecule has 110 valence electrons. The Morgan fingerprint density at radius 3 is 2.43 bits per heavy atom. The molecule has 3 rings (SSSR count). The fraction of sp³-hybridized carbons (Fsp3) is 0.250. The molecule has 0 spiro atoms. The van der Waals surface area contributed by atoms with Crippen LogP contribution in [-0.4, -0.2) is 13.2 Å². The van der Waals surface area contributed by atoms with E-state index in [1.807, 2.05) is 31.2 Å². The molecule has 0 N–H and O–H groups in total. The van der Waals surface area contributed by atoms with Gasteiger partial charge in [0.05, 0.1) is 4.83 Å². The van der Waals surface area contributed by atoms with Gasteiger partial charge in [0.1, 0.15) is 13.2 Å². The first kappa shape index (κ1) is 15.0. The minimum atomic E-state index is -0.103. The van der Waals surface area contributed by atoms with E-state index in [1.54, 1.807) is 6.07 Å². The van der Waals surface area contributed by atoms with Crippen molar-refractivity contribution in [3.8, 4) is 11.5 Å². The summed E-state index contributed by atoms with van der Waals surface area (Å²) in [6.45, 7) is 3.08. The van der Waals surface area contributed by atoms with Crippen molar-refractivity contribution in [3.05, 3.63) is 57.1 Å². The fourth-order valence-corrected chi connectivity index (χ4v) is 3.83. The maximum Gasteiger partial charge on any atom is 0.162 e. The lowest BCUT2D eigenvalue weighted by Gasteiger charge is -2.22. The molecule has 0 amide bonds. The molecule has 0 fully saturated rings. The van der Waals surface area contributed by atoms with Crippen LogP contribution >= 0.6 is 39.1 Å². The van der Waals surface area contributed by atoms with Crippen molar-refractivity contribution in [2.45, 2.75) is 11.8 Å². The zero-order valence-corrected chi connectivity index (χ0v) is 14.4. The smallest absolute Gasteiger partial charge is 0.162 e. The third kappa shape index (κ3) is 2.87. The Morgan fingerprint density at radius 2 is 1.71 bits per heavy atom. The molecule has 2 aromatic rings. The molecular weight excluding hydrogens is 375 g/mol. The van der Waals surface area contributed by atoms with Gasteiger partial charge >= 0.3 is 0 Å². The van der Waals surface area contributed by atoms with Gasteiger partial charge in [-0.3, -0.25) is 0 Å². The topological polar surface area (TPSA) is 18.5 Å². The highest BCUT2D eigenvalue weighted by Crippen LogP contribution is 2.44. The van der Waals surface area contributed by atoms with E-state index in [1.165, 1.54) is 0 Å². The maximum atomic E-state index is 6.40. The van der Waals surface area contributed by atoms with Crippen molar-refractivity contribution in [1.82, 2.24) is 0 Å². The minimum Gasteiger partial charge on any atom is -0.486 e. The van der Waals surface area contributed by atoms with E-state index in [9.17, 15) is 0 Å². The fourth-order valence-electron chi connectivity index (χ4n) is 2.31. The van der Waals surface area contributed by atoms with Crippen LogP contribution in [0.1, 0.15) is 21.5 Å². The van der Waals surface area contributed by atoms with Gasteiger partial charge in [0.2, 0.25) is 0 Å². The van der Waals surface area contributed by atoms with E-state index in [0.717, 1.165) is 21.7 Å². The Bertz CT molecular complexity index is 688. The Balaban J connectivity index is 2.05. The van der Waals surface area contributed by atoms with Crippen LogP contribution in [0.5, 0.6) is 11.5 Å². The monoisotopic (exact) mass is 386 g/mol. The summed E-state index contributed by atoms with van der Waals surface area (Å²) in [5.41, 5.74) is 2.93. The predicted octanol–water partition coefficient (Wildman–Crippen LogP) is 5.56. The van der Waals surface area contributed by atoms with Gasteiger partial charge in [-0.2, -0.15) is 0 Å². The van der Waals surface area contributed by atoms with Crippen LogP contribution in [-0.2, 0) is 0 Å². The molecule has 0 bridgehead atoms. The molecule has 0 saturated heterocycles. The Kier molecular flexibility index (Phi) is 4.34. The van der Waals surface area contributed by atoms with E-state index in [4.69, 9.17) is 32.7 Å². The summed E-state index contributed by atoms with van der Waals surface area (Å²) in [5, 5.41) is 1.36. The lowest BCUT2D eigenvalue weighted by molar-refractivity contribution is 0.171. The van der Waals surface area contributed by atoms with Gasteiger partial charge in [-0.05, 0) is 29.7 Å². The number of fused-ring (bicyclic) bond motifs is 1. The average molecular weight is 388 g/mol. The van der Waals surface area contributed by atoms with Crippen LogP contribution in [0.2, 0.25) is 10.0 Å². The number of rotatable bonds is 2. The summed E-state index contributed by atoms with van der Waals surface area (Å²) in [6, 6.07) is 9.66. The first-order chi connectivity index (χ1) is 10.1. The molecule has 1 atom stereocenters. The largest absolute Gasteiger partial charge is 0.486 e. The van der Waals surface area contributed by atoms with Crippen LogP contribution < -0.4 is 9.47 Å². The Hall–Kier alpha value is -0.900. The lowest BCUT2D eigenvalue weighted by Crippen LogP contribution is -2.15. The molecule has 1 aliphatic heterocycles. The molecule has 2 aromatic carbocycles. The molecule has 0 aromatic heterocycles. The zero-order chi connectivity index (χ0) is 15.0. The number of alkyl halides is 1. The Morgan fingerprint density at radius 1 is 1.05 bits per heavy atom. The number of hydrogen-bond acceptors (Lipinski definition) is 2. The summed E-state index contributed by atoms with van der Waals surface area (Å²) < 4.78 is 11.2. The lowest BCUT2D eigenvalue weighted by atomic mass is 10.0. The standard InChI is InChI=1S/C16H13BrCl2O2/c1-9-3-2-4-10(16(9)19)15(17)11-7-13-14(8-12(11)18)21-6-5-20-13/h2-4,7-8,15H,5-6H2,1H3. The minimum absolute atomic E-state index is 0.103. The predicted molar refractivity (Wildman–Crippen MR) is 89.4 cm³/mol. The molecule has 0 saturated carbocycles. The molecule has 0 aliphatic carbocycles. The van der Waals surface area contributed by atoms with Gasteiger partial charge in [0, 0.05) is 16.1 Å². The normalized spacial score (nSPS) is 14.9. The number of aryl methyl sites for hydroxylation is 1. The molecule has 1 heterocycles. The highest BCUT2D eigenvalue weighted by molar-refractivity contribution is 9.09. The molecular formula is C16H13BrCl2O2. The average Bonchev–Trinajstić information content (AvgIpc) is 2.48. The number of halogens is 3. The third-order valence-electron chi connectivity index (χ3n) is 3.43. The molecule has 21 heavy (non-hydrogen) atoms. The summed E-state index contributed by atoms with van der Waals surface area (Å²) >= 11 is 16.5. The second-order valence-electron chi connectivity index (χ2n) is 4.86. The highest BCUT2D eigenvalue weighted by Gasteiger charge is 2.22. The van der Waals surface area contributed by atoms with Crippen molar-refractivity contribution in [1.29, 1.82) is 0 Å². The molecule has 2 nitrogen and oxygen atoms in total. The van der Waals surface area contributed by atoms with Crippen LogP contribution in [0.15, 0.2) is 30.3 Å². The van der Waals surface area contributed by atoms with Gasteiger partial charge in [0.25, 0.3) is 0 Å². The van der Waals surface area contributed by atoms with Crippen molar-refractivity contribution in [2.75, 3.05) is 13.2 Å².